The van der Waals surface area contributed by atoms with Crippen molar-refractivity contribution in [3.8, 4) is 5.75 Å². The highest BCUT2D eigenvalue weighted by atomic mass is 35.5. The highest BCUT2D eigenvalue weighted by Crippen LogP contribution is 2.40. The summed E-state index contributed by atoms with van der Waals surface area (Å²) >= 11 is 5.93. The first-order valence-electron chi connectivity index (χ1n) is 11.6. The fraction of sp³-hybridized carbons (Fsp3) is 0.520. The number of fused-ring (bicyclic) bond motifs is 1. The number of ketones is 2. The number of aromatic hydroxyl groups is 1. The molecule has 2 heterocycles. The fourth-order valence-corrected chi connectivity index (χ4v) is 3.75. The normalized spacial score (nSPS) is 17.5. The van der Waals surface area contributed by atoms with Crippen LogP contribution >= 0.6 is 11.6 Å². The number of halogens is 4. The lowest BCUT2D eigenvalue weighted by Crippen LogP contribution is -2.43. The molecule has 3 rings (SSSR count). The maximum Gasteiger partial charge on any atom is 0.449 e. The monoisotopic (exact) mass is 543 g/mol. The van der Waals surface area contributed by atoms with Gasteiger partial charge >= 0.3 is 6.18 Å². The van der Waals surface area contributed by atoms with Crippen molar-refractivity contribution in [2.24, 2.45) is 15.9 Å². The summed E-state index contributed by atoms with van der Waals surface area (Å²) in [5.74, 6) is -1.36. The van der Waals surface area contributed by atoms with Crippen LogP contribution < -0.4 is 5.73 Å². The molecule has 1 aromatic carbocycles. The van der Waals surface area contributed by atoms with Gasteiger partial charge in [0.2, 0.25) is 11.7 Å². The Balaban J connectivity index is 0.000000521. The molecule has 37 heavy (non-hydrogen) atoms. The molecule has 0 radical (unpaired) electrons. The molecule has 2 aliphatic rings. The number of nitrogens with zero attached hydrogens (tertiary/aromatic N) is 4. The van der Waals surface area contributed by atoms with Crippen LogP contribution in [0.1, 0.15) is 76.4 Å². The molecule has 1 aromatic rings. The number of benzene rings is 1. The summed E-state index contributed by atoms with van der Waals surface area (Å²) in [6.45, 7) is 13.3. The van der Waals surface area contributed by atoms with Crippen molar-refractivity contribution in [3.05, 3.63) is 41.0 Å². The van der Waals surface area contributed by atoms with Crippen molar-refractivity contribution >= 4 is 34.3 Å². The molecular formula is C25H33ClF3N5O3. The van der Waals surface area contributed by atoms with Gasteiger partial charge in [0.15, 0.2) is 11.9 Å². The van der Waals surface area contributed by atoms with E-state index in [9.17, 15) is 27.9 Å². The van der Waals surface area contributed by atoms with Crippen molar-refractivity contribution in [2.45, 2.75) is 78.1 Å². The molecule has 2 aliphatic heterocycles. The third-order valence-corrected chi connectivity index (χ3v) is 5.82. The van der Waals surface area contributed by atoms with E-state index < -0.39 is 18.4 Å². The number of phenols is 1. The molecule has 0 aliphatic carbocycles. The van der Waals surface area contributed by atoms with Crippen LogP contribution in [0.25, 0.3) is 0 Å². The number of alkyl halides is 3. The minimum absolute atomic E-state index is 0.0251. The Kier molecular flexibility index (Phi) is 8.74. The molecule has 0 spiro atoms. The zero-order valence-electron chi connectivity index (χ0n) is 21.9. The number of carbonyl (C=O) groups excluding carboxylic acids is 2. The first kappa shape index (κ1) is 30.1. The topological polar surface area (TPSA) is 112 Å². The number of rotatable bonds is 4. The van der Waals surface area contributed by atoms with E-state index in [4.69, 9.17) is 17.3 Å². The molecule has 0 saturated heterocycles. The second-order valence-electron chi connectivity index (χ2n) is 10.7. The van der Waals surface area contributed by atoms with Gasteiger partial charge in [0.25, 0.3) is 0 Å². The van der Waals surface area contributed by atoms with Gasteiger partial charge in [-0.05, 0) is 35.1 Å². The van der Waals surface area contributed by atoms with Crippen LogP contribution in [-0.2, 0) is 15.6 Å². The van der Waals surface area contributed by atoms with E-state index in [0.717, 1.165) is 11.1 Å². The summed E-state index contributed by atoms with van der Waals surface area (Å²) in [6, 6.07) is 3.55. The van der Waals surface area contributed by atoms with Gasteiger partial charge in [-0.25, -0.2) is 5.01 Å². The third kappa shape index (κ3) is 7.24. The number of nitrogens with two attached hydrogens (primary N) is 1. The Hall–Kier alpha value is -3.08. The van der Waals surface area contributed by atoms with Crippen LogP contribution in [0, 0.1) is 0 Å². The second-order valence-corrected chi connectivity index (χ2v) is 11.1. The highest BCUT2D eigenvalue weighted by molar-refractivity contribution is 6.68. The lowest BCUT2D eigenvalue weighted by atomic mass is 9.78. The van der Waals surface area contributed by atoms with E-state index in [0.29, 0.717) is 10.7 Å². The van der Waals surface area contributed by atoms with Crippen LogP contribution in [0.4, 0.5) is 13.2 Å². The summed E-state index contributed by atoms with van der Waals surface area (Å²) in [5.41, 5.74) is 7.32. The predicted octanol–water partition coefficient (Wildman–Crippen LogP) is 4.99. The Morgan fingerprint density at radius 2 is 1.57 bits per heavy atom. The Labute approximate surface area is 219 Å². The number of hydrogen-bond acceptors (Lipinski definition) is 8. The molecule has 8 nitrogen and oxygen atoms in total. The smallest absolute Gasteiger partial charge is 0.449 e. The van der Waals surface area contributed by atoms with Gasteiger partial charge in [0.1, 0.15) is 17.5 Å². The molecule has 0 bridgehead atoms. The van der Waals surface area contributed by atoms with Gasteiger partial charge in [-0.1, -0.05) is 60.1 Å². The lowest BCUT2D eigenvalue weighted by molar-refractivity contribution is -0.170. The summed E-state index contributed by atoms with van der Waals surface area (Å²) in [6.07, 6.45) is -2.03. The van der Waals surface area contributed by atoms with E-state index in [-0.39, 0.29) is 41.0 Å². The maximum atomic E-state index is 13.2. The minimum atomic E-state index is -4.63. The molecule has 12 heteroatoms. The molecule has 1 atom stereocenters. The van der Waals surface area contributed by atoms with E-state index in [1.54, 1.807) is 29.3 Å². The number of allylic oxidation sites excluding steroid dienone is 1. The van der Waals surface area contributed by atoms with Crippen LogP contribution in [-0.4, -0.2) is 56.7 Å². The quantitative estimate of drug-likeness (QED) is 0.517. The summed E-state index contributed by atoms with van der Waals surface area (Å²) < 4.78 is 33.3. The Morgan fingerprint density at radius 1 is 1.05 bits per heavy atom. The van der Waals surface area contributed by atoms with Crippen LogP contribution in [0.5, 0.6) is 5.75 Å². The zero-order chi connectivity index (χ0) is 28.5. The Bertz CT molecular complexity index is 1110. The van der Waals surface area contributed by atoms with Gasteiger partial charge in [0, 0.05) is 23.1 Å². The molecule has 0 fully saturated rings. The first-order chi connectivity index (χ1) is 16.8. The molecular weight excluding hydrogens is 511 g/mol. The van der Waals surface area contributed by atoms with E-state index in [1.165, 1.54) is 11.9 Å². The molecule has 204 valence electrons. The summed E-state index contributed by atoms with van der Waals surface area (Å²) in [7, 11) is 0. The van der Waals surface area contributed by atoms with E-state index in [2.05, 4.69) is 10.2 Å². The molecule has 0 saturated carbocycles. The molecule has 0 amide bonds. The number of hydrogen-bond donors (Lipinski definition) is 2. The molecule has 1 unspecified atom stereocenters. The number of carbonyl (C=O) groups is 2. The van der Waals surface area contributed by atoms with Crippen molar-refractivity contribution < 1.29 is 27.9 Å². The van der Waals surface area contributed by atoms with Crippen LogP contribution in [0.15, 0.2) is 34.5 Å². The Morgan fingerprint density at radius 3 is 1.97 bits per heavy atom. The molecule has 0 aromatic heterocycles. The average molecular weight is 544 g/mol. The number of hydrazone groups is 2. The highest BCUT2D eigenvalue weighted by Gasteiger charge is 2.36. The standard InChI is InChI=1S/C21H28ClN5O2.C4H5F3O/c1-20(2,3)13-9-12(10-14(18(13)29)21(4,5)6)15(28)11-26-17-8-7-16(22)24-27(17)19(23)25-26;1-2-3(8)4(5,6)7/h7-10,17,29H,11H2,1-6H3,(H2,23,25);2H2,1H3. The van der Waals surface area contributed by atoms with Crippen molar-refractivity contribution in [2.75, 3.05) is 6.54 Å². The van der Waals surface area contributed by atoms with Gasteiger partial charge in [-0.3, -0.25) is 14.6 Å². The fourth-order valence-electron chi connectivity index (χ4n) is 3.60. The predicted molar refractivity (Wildman–Crippen MR) is 138 cm³/mol. The average Bonchev–Trinajstić information content (AvgIpc) is 3.05. The van der Waals surface area contributed by atoms with Crippen LogP contribution in [0.2, 0.25) is 0 Å². The van der Waals surface area contributed by atoms with Crippen molar-refractivity contribution in [1.82, 2.24) is 10.0 Å². The lowest BCUT2D eigenvalue weighted by Gasteiger charge is -2.29. The van der Waals surface area contributed by atoms with Crippen molar-refractivity contribution in [3.63, 3.8) is 0 Å². The minimum Gasteiger partial charge on any atom is -0.507 e. The second kappa shape index (κ2) is 10.7. The number of Topliss-reactive ketones (excluding diaryl/α,β-unsaturated/α-hetero) is 2. The first-order valence-corrected chi connectivity index (χ1v) is 12.0. The van der Waals surface area contributed by atoms with Gasteiger partial charge in [-0.15, -0.1) is 5.10 Å². The van der Waals surface area contributed by atoms with Gasteiger partial charge < -0.3 is 10.8 Å². The largest absolute Gasteiger partial charge is 0.507 e. The number of phenolic OH excluding ortho intramolecular Hbond substituents is 1. The van der Waals surface area contributed by atoms with E-state index >= 15 is 0 Å². The van der Waals surface area contributed by atoms with Gasteiger partial charge in [0.05, 0.1) is 0 Å². The van der Waals surface area contributed by atoms with Crippen LogP contribution in [0.3, 0.4) is 0 Å². The third-order valence-electron chi connectivity index (χ3n) is 5.62. The maximum absolute atomic E-state index is 13.2. The SMILES string of the molecule is CC(C)(C)c1cc(C(=O)CN2N=C(N)N3N=C(Cl)C=CC23)cc(C(C)(C)C)c1O.CCC(=O)C(F)(F)F. The van der Waals surface area contributed by atoms with Gasteiger partial charge in [-0.2, -0.15) is 18.3 Å². The zero-order valence-corrected chi connectivity index (χ0v) is 22.7. The summed E-state index contributed by atoms with van der Waals surface area (Å²) in [4.78, 5) is 22.9. The number of guanidine groups is 1. The summed E-state index contributed by atoms with van der Waals surface area (Å²) in [5, 5.41) is 22.6. The van der Waals surface area contributed by atoms with Crippen molar-refractivity contribution in [1.29, 1.82) is 0 Å². The van der Waals surface area contributed by atoms with E-state index in [1.807, 2.05) is 41.5 Å². The molecule has 3 N–H and O–H groups in total.